The highest BCUT2D eigenvalue weighted by Gasteiger charge is 2.81. The van der Waals surface area contributed by atoms with Crippen LogP contribution in [0.4, 0.5) is 0 Å². The van der Waals surface area contributed by atoms with Gasteiger partial charge in [-0.2, -0.15) is 0 Å². The van der Waals surface area contributed by atoms with Gasteiger partial charge in [-0.1, -0.05) is 303 Å². The SMILES string of the molecule is [O]C(C(Br)(Br)Br)(C(Br)(Br)Br)C(Br)(Br)C(Br)(Br)C(Br)(Br)C(Br)(Br)C(Br)(Br)C(Br)(Br)Br. The molecule has 0 aliphatic heterocycles. The molecule has 0 spiro atoms. The predicted molar refractivity (Wildman–Crippen MR) is 195 cm³/mol. The molecule has 175 valence electrons. The molecule has 1 radical (unpaired) electrons. The highest BCUT2D eigenvalue weighted by atomic mass is 80.0. The summed E-state index contributed by atoms with van der Waals surface area (Å²) in [6, 6.07) is 0. The molecule has 1 nitrogen and oxygen atoms in total. The Kier molecular flexibility index (Phi) is 15.9. The van der Waals surface area contributed by atoms with Gasteiger partial charge in [0, 0.05) is 0 Å². The quantitative estimate of drug-likeness (QED) is 0.245. The summed E-state index contributed by atoms with van der Waals surface area (Å²) in [5.41, 5.74) is -2.04. The first-order chi connectivity index (χ1) is 12.0. The lowest BCUT2D eigenvalue weighted by molar-refractivity contribution is -0.0144. The fraction of sp³-hybridized carbons (Fsp3) is 1.00. The maximum atomic E-state index is 14.5. The van der Waals surface area contributed by atoms with E-state index in [1.165, 1.54) is 0 Å². The van der Waals surface area contributed by atoms with Gasteiger partial charge < -0.3 is 0 Å². The maximum absolute atomic E-state index is 14.5. The first-order valence-electron chi connectivity index (χ1n) is 5.79. The Labute approximate surface area is 328 Å². The van der Waals surface area contributed by atoms with Crippen LogP contribution in [0.2, 0.25) is 0 Å². The standard InChI is InChI=1S/C9Br19O/c10-2(11,1(29,7(20,21)22)8(23,24)25)3(12,13)4(14,15)5(16,17)6(18,19)9(26,27)28. The van der Waals surface area contributed by atoms with Crippen molar-refractivity contribution in [2.75, 3.05) is 0 Å². The lowest BCUT2D eigenvalue weighted by atomic mass is 9.98. The van der Waals surface area contributed by atoms with Crippen molar-refractivity contribution in [1.82, 2.24) is 0 Å². The fourth-order valence-corrected chi connectivity index (χ4v) is 22.3. The topological polar surface area (TPSA) is 19.9 Å². The average molecular weight is 1640 g/mol. The molecular formula is C9Br19O. The van der Waals surface area contributed by atoms with Gasteiger partial charge in [-0.25, -0.2) is 5.11 Å². The van der Waals surface area contributed by atoms with E-state index in [1.807, 2.05) is 0 Å². The molecule has 0 heterocycles. The van der Waals surface area contributed by atoms with Crippen LogP contribution in [0.15, 0.2) is 0 Å². The average Bonchev–Trinajstić information content (AvgIpc) is 2.41. The highest BCUT2D eigenvalue weighted by Crippen LogP contribution is 2.78. The van der Waals surface area contributed by atoms with E-state index in [0.29, 0.717) is 0 Å². The summed E-state index contributed by atoms with van der Waals surface area (Å²) in [7, 11) is 0. The number of hydrogen-bond acceptors (Lipinski definition) is 0. The van der Waals surface area contributed by atoms with Gasteiger partial charge in [-0.15, -0.1) is 0 Å². The predicted octanol–water partition coefficient (Wildman–Crippen LogP) is 14.1. The Morgan fingerprint density at radius 3 is 0.690 bits per heavy atom. The number of hydrogen-bond donors (Lipinski definition) is 0. The van der Waals surface area contributed by atoms with Gasteiger partial charge in [0.15, 0.2) is 6.43 Å². The smallest absolute Gasteiger partial charge is 0.200 e. The molecule has 0 aromatic rings. The summed E-state index contributed by atoms with van der Waals surface area (Å²) in [5, 5.41) is 14.5. The monoisotopic (exact) mass is 1620 g/mol. The van der Waals surface area contributed by atoms with Crippen molar-refractivity contribution < 1.29 is 5.11 Å². The van der Waals surface area contributed by atoms with Crippen LogP contribution in [0.5, 0.6) is 0 Å². The van der Waals surface area contributed by atoms with Gasteiger partial charge in [0.1, 0.15) is 16.2 Å². The highest BCUT2D eigenvalue weighted by molar-refractivity contribution is 9.42. The summed E-state index contributed by atoms with van der Waals surface area (Å²) < 4.78 is -9.68. The molecule has 29 heavy (non-hydrogen) atoms. The minimum Gasteiger partial charge on any atom is -0.220 e. The Morgan fingerprint density at radius 1 is 0.276 bits per heavy atom. The molecule has 0 bridgehead atoms. The molecule has 0 saturated heterocycles. The summed E-state index contributed by atoms with van der Waals surface area (Å²) in [6.45, 7) is 0. The van der Waals surface area contributed by atoms with E-state index in [9.17, 15) is 5.11 Å². The minimum absolute atomic E-state index is 0.861. The third-order valence-corrected chi connectivity index (χ3v) is 31.8. The lowest BCUT2D eigenvalue weighted by Crippen LogP contribution is -2.73. The van der Waals surface area contributed by atoms with E-state index in [4.69, 9.17) is 0 Å². The third-order valence-electron chi connectivity index (χ3n) is 3.17. The zero-order chi connectivity index (χ0) is 24.5. The number of alkyl halides is 19. The molecule has 0 aromatic carbocycles. The van der Waals surface area contributed by atoms with Crippen molar-refractivity contribution in [1.29, 1.82) is 0 Å². The van der Waals surface area contributed by atoms with Gasteiger partial charge in [0.05, 0.1) is 0 Å². The van der Waals surface area contributed by atoms with Gasteiger partial charge in [-0.3, -0.25) is 0 Å². The van der Waals surface area contributed by atoms with Gasteiger partial charge in [0.25, 0.3) is 0 Å². The van der Waals surface area contributed by atoms with E-state index in [0.717, 1.165) is 0 Å². The van der Waals surface area contributed by atoms with Gasteiger partial charge >= 0.3 is 0 Å². The van der Waals surface area contributed by atoms with Crippen molar-refractivity contribution in [2.45, 2.75) is 28.2 Å². The largest absolute Gasteiger partial charge is 0.220 e. The van der Waals surface area contributed by atoms with E-state index in [1.54, 1.807) is 0 Å². The van der Waals surface area contributed by atoms with Crippen molar-refractivity contribution in [3.05, 3.63) is 0 Å². The summed E-state index contributed by atoms with van der Waals surface area (Å²) in [6.07, 6.45) is 0. The Morgan fingerprint density at radius 2 is 0.483 bits per heavy atom. The van der Waals surface area contributed by atoms with Crippen LogP contribution in [0.1, 0.15) is 0 Å². The minimum atomic E-state index is -2.04. The summed E-state index contributed by atoms with van der Waals surface area (Å²) >= 11 is 67.7. The van der Waals surface area contributed by atoms with Crippen molar-refractivity contribution in [3.63, 3.8) is 0 Å². The molecule has 0 N–H and O–H groups in total. The molecule has 20 heteroatoms. The molecule has 0 saturated carbocycles. The van der Waals surface area contributed by atoms with Gasteiger partial charge in [0.2, 0.25) is 5.60 Å². The first kappa shape index (κ1) is 38.1. The Hall–Kier alpha value is 9.08. The lowest BCUT2D eigenvalue weighted by Gasteiger charge is -2.58. The van der Waals surface area contributed by atoms with E-state index < -0.39 is 28.2 Å². The summed E-state index contributed by atoms with van der Waals surface area (Å²) in [5.74, 6) is 0. The zero-order valence-electron chi connectivity index (χ0n) is 12.1. The molecule has 0 rings (SSSR count). The van der Waals surface area contributed by atoms with Crippen LogP contribution in [0, 0.1) is 0 Å². The molecule has 0 unspecified atom stereocenters. The molecule has 0 aliphatic rings. The van der Waals surface area contributed by atoms with Crippen LogP contribution in [0.3, 0.4) is 0 Å². The van der Waals surface area contributed by atoms with Crippen LogP contribution in [-0.4, -0.2) is 28.2 Å². The molecule has 0 atom stereocenters. The maximum Gasteiger partial charge on any atom is 0.200 e. The van der Waals surface area contributed by atoms with Gasteiger partial charge in [-0.05, 0) is 0 Å². The number of halogens is 19. The molecule has 0 amide bonds. The van der Waals surface area contributed by atoms with Crippen LogP contribution in [0.25, 0.3) is 0 Å². The first-order valence-corrected chi connectivity index (χ1v) is 20.9. The van der Waals surface area contributed by atoms with E-state index >= 15 is 0 Å². The normalized spacial score (nSPS) is 17.0. The summed E-state index contributed by atoms with van der Waals surface area (Å²) in [4.78, 5) is 0. The molecule has 0 aliphatic carbocycles. The molecule has 0 fully saturated rings. The second-order valence-corrected chi connectivity index (χ2v) is 42.5. The van der Waals surface area contributed by atoms with Crippen LogP contribution in [-0.2, 0) is 5.11 Å². The third kappa shape index (κ3) is 6.94. The van der Waals surface area contributed by atoms with E-state index in [-0.39, 0.29) is 0 Å². The van der Waals surface area contributed by atoms with Crippen molar-refractivity contribution in [2.24, 2.45) is 0 Å². The second-order valence-electron chi connectivity index (χ2n) is 5.05. The van der Waals surface area contributed by atoms with Crippen LogP contribution < -0.4 is 0 Å². The fourth-order valence-electron chi connectivity index (χ4n) is 1.51. The Bertz CT molecular complexity index is 589. The second kappa shape index (κ2) is 12.1. The van der Waals surface area contributed by atoms with Crippen LogP contribution >= 0.6 is 303 Å². The van der Waals surface area contributed by atoms with Crippen molar-refractivity contribution >= 4 is 303 Å². The Balaban J connectivity index is 7.04. The molecule has 0 aromatic heterocycles. The number of rotatable bonds is 5. The van der Waals surface area contributed by atoms with Crippen molar-refractivity contribution in [3.8, 4) is 0 Å². The molecular weight excluding hydrogens is 1640 g/mol. The zero-order valence-corrected chi connectivity index (χ0v) is 42.2. The van der Waals surface area contributed by atoms with E-state index in [2.05, 4.69) is 303 Å².